The van der Waals surface area contributed by atoms with Gasteiger partial charge in [0.05, 0.1) is 10.6 Å². The Kier molecular flexibility index (Phi) is 3.64. The molecule has 0 bridgehead atoms. The van der Waals surface area contributed by atoms with Gasteiger partial charge in [0.25, 0.3) is 5.91 Å². The quantitative estimate of drug-likeness (QED) is 0.877. The number of carbonyl (C=O) groups is 1. The van der Waals surface area contributed by atoms with E-state index in [-0.39, 0.29) is 22.5 Å². The zero-order chi connectivity index (χ0) is 12.4. The normalized spacial score (nSPS) is 20.5. The molecule has 0 aliphatic carbocycles. The molecule has 1 aliphatic rings. The molecule has 5 heteroatoms. The van der Waals surface area contributed by atoms with E-state index >= 15 is 0 Å². The van der Waals surface area contributed by atoms with Crippen molar-refractivity contribution in [2.75, 3.05) is 20.1 Å². The van der Waals surface area contributed by atoms with Gasteiger partial charge in [-0.1, -0.05) is 11.6 Å². The first kappa shape index (κ1) is 12.3. The fourth-order valence-corrected chi connectivity index (χ4v) is 2.19. The van der Waals surface area contributed by atoms with Crippen LogP contribution < -0.4 is 5.32 Å². The monoisotopic (exact) mass is 256 g/mol. The lowest BCUT2D eigenvalue weighted by molar-refractivity contribution is 0.0938. The van der Waals surface area contributed by atoms with Crippen LogP contribution in [0.1, 0.15) is 16.8 Å². The number of benzene rings is 1. The minimum atomic E-state index is -0.455. The second kappa shape index (κ2) is 5.02. The number of nitrogens with zero attached hydrogens (tertiary/aromatic N) is 1. The van der Waals surface area contributed by atoms with Gasteiger partial charge in [-0.15, -0.1) is 0 Å². The molecule has 0 radical (unpaired) electrons. The highest BCUT2D eigenvalue weighted by atomic mass is 35.5. The number of carbonyl (C=O) groups excluding carboxylic acids is 1. The molecule has 0 aromatic heterocycles. The number of likely N-dealkylation sites (tertiary alicyclic amines) is 1. The zero-order valence-electron chi connectivity index (χ0n) is 9.54. The van der Waals surface area contributed by atoms with Gasteiger partial charge in [0.1, 0.15) is 5.82 Å². The van der Waals surface area contributed by atoms with E-state index in [2.05, 4.69) is 10.2 Å². The molecule has 1 atom stereocenters. The molecule has 1 N–H and O–H groups in total. The summed E-state index contributed by atoms with van der Waals surface area (Å²) in [6.45, 7) is 1.78. The van der Waals surface area contributed by atoms with E-state index in [1.807, 2.05) is 7.05 Å². The summed E-state index contributed by atoms with van der Waals surface area (Å²) in [7, 11) is 2.00. The maximum Gasteiger partial charge on any atom is 0.253 e. The van der Waals surface area contributed by atoms with Crippen molar-refractivity contribution in [1.82, 2.24) is 10.2 Å². The standard InChI is InChI=1S/C12H14ClFN2O/c1-16-5-4-9(7-16)15-12(17)10-6-8(14)2-3-11(10)13/h2-3,6,9H,4-5,7H2,1H3,(H,15,17)/t9-/m0/s1. The maximum absolute atomic E-state index is 13.0. The highest BCUT2D eigenvalue weighted by Crippen LogP contribution is 2.17. The van der Waals surface area contributed by atoms with Crippen LogP contribution in [0.3, 0.4) is 0 Å². The van der Waals surface area contributed by atoms with Crippen molar-refractivity contribution in [1.29, 1.82) is 0 Å². The molecular formula is C12H14ClFN2O. The summed E-state index contributed by atoms with van der Waals surface area (Å²) >= 11 is 5.87. The van der Waals surface area contributed by atoms with Crippen molar-refractivity contribution >= 4 is 17.5 Å². The minimum Gasteiger partial charge on any atom is -0.348 e. The van der Waals surface area contributed by atoms with Gasteiger partial charge in [0, 0.05) is 12.6 Å². The summed E-state index contributed by atoms with van der Waals surface area (Å²) < 4.78 is 13.0. The van der Waals surface area contributed by atoms with Gasteiger partial charge in [-0.2, -0.15) is 0 Å². The summed E-state index contributed by atoms with van der Waals surface area (Å²) in [6, 6.07) is 3.91. The Bertz CT molecular complexity index is 439. The summed E-state index contributed by atoms with van der Waals surface area (Å²) in [5, 5.41) is 3.14. The van der Waals surface area contributed by atoms with Crippen LogP contribution in [0.2, 0.25) is 5.02 Å². The Morgan fingerprint density at radius 2 is 2.35 bits per heavy atom. The third kappa shape index (κ3) is 2.96. The lowest BCUT2D eigenvalue weighted by Crippen LogP contribution is -2.36. The first-order valence-electron chi connectivity index (χ1n) is 5.50. The molecule has 1 aromatic rings. The van der Waals surface area contributed by atoms with Crippen LogP contribution in [0.25, 0.3) is 0 Å². The minimum absolute atomic E-state index is 0.117. The molecule has 92 valence electrons. The topological polar surface area (TPSA) is 32.3 Å². The summed E-state index contributed by atoms with van der Waals surface area (Å²) in [4.78, 5) is 14.0. The number of amides is 1. The van der Waals surface area contributed by atoms with Crippen LogP contribution in [-0.4, -0.2) is 37.0 Å². The lowest BCUT2D eigenvalue weighted by Gasteiger charge is -2.13. The largest absolute Gasteiger partial charge is 0.348 e. The van der Waals surface area contributed by atoms with Crippen molar-refractivity contribution < 1.29 is 9.18 Å². The smallest absolute Gasteiger partial charge is 0.253 e. The lowest BCUT2D eigenvalue weighted by atomic mass is 10.2. The van der Waals surface area contributed by atoms with Crippen LogP contribution >= 0.6 is 11.6 Å². The number of hydrogen-bond donors (Lipinski definition) is 1. The van der Waals surface area contributed by atoms with E-state index in [1.54, 1.807) is 0 Å². The Balaban J connectivity index is 2.06. The van der Waals surface area contributed by atoms with E-state index in [9.17, 15) is 9.18 Å². The van der Waals surface area contributed by atoms with Crippen LogP contribution in [0.4, 0.5) is 4.39 Å². The third-order valence-corrected chi connectivity index (χ3v) is 3.23. The van der Waals surface area contributed by atoms with Crippen LogP contribution in [-0.2, 0) is 0 Å². The van der Waals surface area contributed by atoms with Crippen LogP contribution in [0.5, 0.6) is 0 Å². The van der Waals surface area contributed by atoms with Gasteiger partial charge in [0.2, 0.25) is 0 Å². The van der Waals surface area contributed by atoms with Gasteiger partial charge < -0.3 is 10.2 Å². The molecule has 1 saturated heterocycles. The van der Waals surface area contributed by atoms with Crippen molar-refractivity contribution in [3.8, 4) is 0 Å². The molecule has 0 spiro atoms. The van der Waals surface area contributed by atoms with Crippen molar-refractivity contribution in [3.05, 3.63) is 34.6 Å². The molecule has 0 saturated carbocycles. The highest BCUT2D eigenvalue weighted by Gasteiger charge is 2.22. The average molecular weight is 257 g/mol. The molecule has 3 nitrogen and oxygen atoms in total. The predicted molar refractivity (Wildman–Crippen MR) is 64.8 cm³/mol. The number of rotatable bonds is 2. The maximum atomic E-state index is 13.0. The van der Waals surface area contributed by atoms with E-state index in [1.165, 1.54) is 12.1 Å². The van der Waals surface area contributed by atoms with Crippen LogP contribution in [0.15, 0.2) is 18.2 Å². The fourth-order valence-electron chi connectivity index (χ4n) is 1.99. The molecular weight excluding hydrogens is 243 g/mol. The Hall–Kier alpha value is -1.13. The van der Waals surface area contributed by atoms with Gasteiger partial charge >= 0.3 is 0 Å². The SMILES string of the molecule is CN1CC[C@H](NC(=O)c2cc(F)ccc2Cl)C1. The molecule has 0 unspecified atom stereocenters. The molecule has 1 heterocycles. The van der Waals surface area contributed by atoms with E-state index < -0.39 is 5.82 Å². The third-order valence-electron chi connectivity index (χ3n) is 2.90. The second-order valence-corrected chi connectivity index (χ2v) is 4.75. The molecule has 17 heavy (non-hydrogen) atoms. The number of hydrogen-bond acceptors (Lipinski definition) is 2. The molecule has 1 fully saturated rings. The summed E-state index contributed by atoms with van der Waals surface area (Å²) in [5.41, 5.74) is 0.196. The first-order valence-corrected chi connectivity index (χ1v) is 5.88. The average Bonchev–Trinajstić information content (AvgIpc) is 2.67. The van der Waals surface area contributed by atoms with Crippen LogP contribution in [0, 0.1) is 5.82 Å². The second-order valence-electron chi connectivity index (χ2n) is 4.35. The van der Waals surface area contributed by atoms with Gasteiger partial charge in [0.15, 0.2) is 0 Å². The van der Waals surface area contributed by atoms with E-state index in [0.717, 1.165) is 25.6 Å². The first-order chi connectivity index (χ1) is 8.06. The molecule has 2 rings (SSSR count). The van der Waals surface area contributed by atoms with Gasteiger partial charge in [-0.05, 0) is 38.2 Å². The molecule has 1 amide bonds. The van der Waals surface area contributed by atoms with E-state index in [0.29, 0.717) is 0 Å². The van der Waals surface area contributed by atoms with Crippen molar-refractivity contribution in [2.24, 2.45) is 0 Å². The predicted octanol–water partition coefficient (Wildman–Crippen LogP) is 1.91. The van der Waals surface area contributed by atoms with Gasteiger partial charge in [-0.25, -0.2) is 4.39 Å². The van der Waals surface area contributed by atoms with Gasteiger partial charge in [-0.3, -0.25) is 4.79 Å². The van der Waals surface area contributed by atoms with E-state index in [4.69, 9.17) is 11.6 Å². The summed E-state index contributed by atoms with van der Waals surface area (Å²) in [5.74, 6) is -0.766. The Labute approximate surface area is 105 Å². The Morgan fingerprint density at radius 3 is 3.00 bits per heavy atom. The number of nitrogens with one attached hydrogen (secondary N) is 1. The fraction of sp³-hybridized carbons (Fsp3) is 0.417. The van der Waals surface area contributed by atoms with Crippen molar-refractivity contribution in [3.63, 3.8) is 0 Å². The Morgan fingerprint density at radius 1 is 1.59 bits per heavy atom. The molecule has 1 aliphatic heterocycles. The zero-order valence-corrected chi connectivity index (χ0v) is 10.3. The summed E-state index contributed by atoms with van der Waals surface area (Å²) in [6.07, 6.45) is 0.912. The van der Waals surface area contributed by atoms with Crippen molar-refractivity contribution in [2.45, 2.75) is 12.5 Å². The highest BCUT2D eigenvalue weighted by molar-refractivity contribution is 6.33. The number of likely N-dealkylation sites (N-methyl/N-ethyl adjacent to an activating group) is 1. The molecule has 1 aromatic carbocycles. The number of halogens is 2.